The Labute approximate surface area is 125 Å². The maximum atomic E-state index is 9.27. The topological polar surface area (TPSA) is 45.0 Å². The number of hydrogen-bond acceptors (Lipinski definition) is 3. The van der Waals surface area contributed by atoms with E-state index in [1.165, 1.54) is 5.56 Å². The molecule has 2 aromatic carbocycles. The van der Waals surface area contributed by atoms with Crippen LogP contribution in [0.4, 0.5) is 0 Å². The lowest BCUT2D eigenvalue weighted by Gasteiger charge is -2.39. The summed E-state index contributed by atoms with van der Waals surface area (Å²) in [5, 5.41) is 12.8. The van der Waals surface area contributed by atoms with E-state index in [0.29, 0.717) is 0 Å². The van der Waals surface area contributed by atoms with Crippen LogP contribution in [0.15, 0.2) is 60.7 Å². The van der Waals surface area contributed by atoms with Crippen LogP contribution < -0.4 is 5.32 Å². The second-order valence-corrected chi connectivity index (χ2v) is 5.36. The van der Waals surface area contributed by atoms with E-state index in [9.17, 15) is 5.26 Å². The highest BCUT2D eigenvalue weighted by Gasteiger charge is 2.36. The summed E-state index contributed by atoms with van der Waals surface area (Å²) in [5.74, 6) is 0. The number of rotatable bonds is 2. The van der Waals surface area contributed by atoms with E-state index in [2.05, 4.69) is 23.5 Å². The third-order valence-electron chi connectivity index (χ3n) is 3.91. The van der Waals surface area contributed by atoms with E-state index in [4.69, 9.17) is 4.74 Å². The Morgan fingerprint density at radius 3 is 2.10 bits per heavy atom. The normalized spacial score (nSPS) is 28.8. The van der Waals surface area contributed by atoms with Crippen molar-refractivity contribution in [3.05, 3.63) is 71.8 Å². The molecule has 1 heterocycles. The molecule has 106 valence electrons. The van der Waals surface area contributed by atoms with Gasteiger partial charge in [-0.1, -0.05) is 60.7 Å². The lowest BCUT2D eigenvalue weighted by molar-refractivity contribution is -0.0619. The lowest BCUT2D eigenvalue weighted by Crippen LogP contribution is -2.49. The maximum absolute atomic E-state index is 9.27. The van der Waals surface area contributed by atoms with Crippen molar-refractivity contribution in [2.24, 2.45) is 0 Å². The average Bonchev–Trinajstić information content (AvgIpc) is 2.56. The molecule has 1 aliphatic heterocycles. The molecule has 0 amide bonds. The van der Waals surface area contributed by atoms with Gasteiger partial charge in [0.1, 0.15) is 6.10 Å². The lowest BCUT2D eigenvalue weighted by atomic mass is 9.92. The molecule has 0 aliphatic carbocycles. The molecule has 3 rings (SSSR count). The van der Waals surface area contributed by atoms with Crippen LogP contribution in [0.5, 0.6) is 0 Å². The first-order valence-corrected chi connectivity index (χ1v) is 7.20. The van der Waals surface area contributed by atoms with Gasteiger partial charge in [0.25, 0.3) is 0 Å². The van der Waals surface area contributed by atoms with E-state index in [1.807, 2.05) is 55.5 Å². The van der Waals surface area contributed by atoms with E-state index >= 15 is 0 Å². The number of benzene rings is 2. The highest BCUT2D eigenvalue weighted by atomic mass is 16.5. The molecule has 0 saturated carbocycles. The van der Waals surface area contributed by atoms with Crippen LogP contribution in [0.1, 0.15) is 30.2 Å². The van der Waals surface area contributed by atoms with Gasteiger partial charge in [-0.25, -0.2) is 0 Å². The van der Waals surface area contributed by atoms with Crippen molar-refractivity contribution in [1.82, 2.24) is 5.32 Å². The Morgan fingerprint density at radius 1 is 0.952 bits per heavy atom. The van der Waals surface area contributed by atoms with Gasteiger partial charge in [0.05, 0.1) is 12.1 Å². The first-order chi connectivity index (χ1) is 10.3. The molecule has 3 heteroatoms. The molecule has 0 aromatic heterocycles. The summed E-state index contributed by atoms with van der Waals surface area (Å²) in [4.78, 5) is 0. The second-order valence-electron chi connectivity index (χ2n) is 5.36. The van der Waals surface area contributed by atoms with Crippen molar-refractivity contribution in [3.8, 4) is 6.07 Å². The summed E-state index contributed by atoms with van der Waals surface area (Å²) in [6.45, 7) is 1.99. The molecule has 1 N–H and O–H groups in total. The standard InChI is InChI=1S/C18H18N2O/c1-13-16(12-19)21-18(15-10-6-3-7-11-15)17(20-13)14-8-4-2-5-9-14/h2-11,13,16-18,20H,1H3/t13-,16-,17+,18-/m0/s1. The monoisotopic (exact) mass is 278 g/mol. The number of morpholine rings is 1. The van der Waals surface area contributed by atoms with Gasteiger partial charge < -0.3 is 10.1 Å². The molecule has 0 bridgehead atoms. The zero-order valence-corrected chi connectivity index (χ0v) is 11.9. The number of nitriles is 1. The Kier molecular flexibility index (Phi) is 4.01. The van der Waals surface area contributed by atoms with Gasteiger partial charge in [-0.2, -0.15) is 5.26 Å². The SMILES string of the molecule is C[C@@H]1N[C@H](c2ccccc2)[C@H](c2ccccc2)O[C@H]1C#N. The molecule has 4 atom stereocenters. The fourth-order valence-corrected chi connectivity index (χ4v) is 2.80. The molecule has 3 nitrogen and oxygen atoms in total. The third-order valence-corrected chi connectivity index (χ3v) is 3.91. The van der Waals surface area contributed by atoms with Gasteiger partial charge in [0, 0.05) is 6.04 Å². The molecular weight excluding hydrogens is 260 g/mol. The molecular formula is C18H18N2O. The highest BCUT2D eigenvalue weighted by molar-refractivity contribution is 5.28. The van der Waals surface area contributed by atoms with Crippen LogP contribution in [-0.4, -0.2) is 12.1 Å². The Bertz CT molecular complexity index is 621. The van der Waals surface area contributed by atoms with Crippen LogP contribution in [0, 0.1) is 11.3 Å². The van der Waals surface area contributed by atoms with Gasteiger partial charge in [-0.05, 0) is 18.1 Å². The number of hydrogen-bond donors (Lipinski definition) is 1. The number of nitrogens with one attached hydrogen (secondary N) is 1. The molecule has 21 heavy (non-hydrogen) atoms. The Balaban J connectivity index is 1.97. The van der Waals surface area contributed by atoms with Crippen molar-refractivity contribution >= 4 is 0 Å². The Morgan fingerprint density at radius 2 is 1.52 bits per heavy atom. The van der Waals surface area contributed by atoms with E-state index in [0.717, 1.165) is 5.56 Å². The van der Waals surface area contributed by atoms with Gasteiger partial charge in [0.15, 0.2) is 6.10 Å². The Hall–Kier alpha value is -2.15. The van der Waals surface area contributed by atoms with Crippen molar-refractivity contribution in [3.63, 3.8) is 0 Å². The summed E-state index contributed by atoms with van der Waals surface area (Å²) < 4.78 is 6.08. The van der Waals surface area contributed by atoms with Gasteiger partial charge in [-0.3, -0.25) is 0 Å². The van der Waals surface area contributed by atoms with Crippen molar-refractivity contribution < 1.29 is 4.74 Å². The maximum Gasteiger partial charge on any atom is 0.159 e. The summed E-state index contributed by atoms with van der Waals surface area (Å²) in [6, 6.07) is 22.6. The molecule has 2 aromatic rings. The fourth-order valence-electron chi connectivity index (χ4n) is 2.80. The van der Waals surface area contributed by atoms with Gasteiger partial charge in [0.2, 0.25) is 0 Å². The van der Waals surface area contributed by atoms with Crippen molar-refractivity contribution in [2.75, 3.05) is 0 Å². The van der Waals surface area contributed by atoms with Crippen LogP contribution >= 0.6 is 0 Å². The smallest absolute Gasteiger partial charge is 0.159 e. The molecule has 1 aliphatic rings. The van der Waals surface area contributed by atoms with E-state index in [1.54, 1.807) is 0 Å². The third kappa shape index (κ3) is 2.82. The van der Waals surface area contributed by atoms with Crippen LogP contribution in [0.3, 0.4) is 0 Å². The number of ether oxygens (including phenoxy) is 1. The molecule has 0 unspecified atom stereocenters. The predicted octanol–water partition coefficient (Wildman–Crippen LogP) is 3.37. The van der Waals surface area contributed by atoms with Crippen molar-refractivity contribution in [2.45, 2.75) is 31.2 Å². The number of nitrogens with zero attached hydrogens (tertiary/aromatic N) is 1. The minimum atomic E-state index is -0.435. The quantitative estimate of drug-likeness (QED) is 0.916. The van der Waals surface area contributed by atoms with Crippen LogP contribution in [0.25, 0.3) is 0 Å². The molecule has 0 radical (unpaired) electrons. The molecule has 1 fully saturated rings. The highest BCUT2D eigenvalue weighted by Crippen LogP contribution is 2.37. The largest absolute Gasteiger partial charge is 0.352 e. The summed E-state index contributed by atoms with van der Waals surface area (Å²) in [5.41, 5.74) is 2.26. The van der Waals surface area contributed by atoms with Crippen LogP contribution in [0.2, 0.25) is 0 Å². The molecule has 0 spiro atoms. The first kappa shape index (κ1) is 13.8. The van der Waals surface area contributed by atoms with Gasteiger partial charge >= 0.3 is 0 Å². The molecule has 1 saturated heterocycles. The zero-order valence-electron chi connectivity index (χ0n) is 11.9. The fraction of sp³-hybridized carbons (Fsp3) is 0.278. The van der Waals surface area contributed by atoms with Crippen LogP contribution in [-0.2, 0) is 4.74 Å². The second kappa shape index (κ2) is 6.09. The average molecular weight is 278 g/mol. The zero-order chi connectivity index (χ0) is 14.7. The van der Waals surface area contributed by atoms with Crippen molar-refractivity contribution in [1.29, 1.82) is 5.26 Å². The van der Waals surface area contributed by atoms with Gasteiger partial charge in [-0.15, -0.1) is 0 Å². The first-order valence-electron chi connectivity index (χ1n) is 7.20. The summed E-state index contributed by atoms with van der Waals surface area (Å²) >= 11 is 0. The minimum Gasteiger partial charge on any atom is -0.352 e. The minimum absolute atomic E-state index is 0.000156. The summed E-state index contributed by atoms with van der Waals surface area (Å²) in [7, 11) is 0. The van der Waals surface area contributed by atoms with E-state index < -0.39 is 6.10 Å². The van der Waals surface area contributed by atoms with E-state index in [-0.39, 0.29) is 18.2 Å². The summed E-state index contributed by atoms with van der Waals surface area (Å²) in [6.07, 6.45) is -0.593. The predicted molar refractivity (Wildman–Crippen MR) is 81.4 cm³/mol.